The van der Waals surface area contributed by atoms with Crippen molar-refractivity contribution < 1.29 is 54.9 Å². The van der Waals surface area contributed by atoms with Crippen molar-refractivity contribution in [3.05, 3.63) is 58.2 Å². The fourth-order valence-corrected chi connectivity index (χ4v) is 2.36. The van der Waals surface area contributed by atoms with E-state index in [1.807, 2.05) is 0 Å². The maximum absolute atomic E-state index is 14.0. The van der Waals surface area contributed by atoms with Crippen molar-refractivity contribution >= 4 is 11.9 Å². The standard InChI is InChI=1S/C19H14F6O6/c1-28-16-12(22)8(6-10(20)14(16)24)18(26)30-4-3-5-31-19(27)9-7-11(21)15(25)17(29-2)13(9)23/h6-7H,3-5H2,1-2H3. The minimum atomic E-state index is -1.62. The second-order valence-corrected chi connectivity index (χ2v) is 5.76. The Morgan fingerprint density at radius 2 is 1.03 bits per heavy atom. The summed E-state index contributed by atoms with van der Waals surface area (Å²) in [5.41, 5.74) is -1.85. The van der Waals surface area contributed by atoms with Crippen molar-refractivity contribution in [2.24, 2.45) is 0 Å². The zero-order chi connectivity index (χ0) is 23.3. The van der Waals surface area contributed by atoms with E-state index < -0.39 is 82.7 Å². The van der Waals surface area contributed by atoms with Gasteiger partial charge in [0.1, 0.15) is 11.1 Å². The van der Waals surface area contributed by atoms with E-state index in [0.717, 1.165) is 14.2 Å². The maximum atomic E-state index is 14.0. The van der Waals surface area contributed by atoms with Crippen molar-refractivity contribution in [3.63, 3.8) is 0 Å². The largest absolute Gasteiger partial charge is 0.491 e. The Bertz CT molecular complexity index is 931. The molecule has 168 valence electrons. The highest BCUT2D eigenvalue weighted by Crippen LogP contribution is 2.28. The number of rotatable bonds is 8. The molecular formula is C19H14F6O6. The third-order valence-electron chi connectivity index (χ3n) is 3.83. The van der Waals surface area contributed by atoms with Gasteiger partial charge in [0.15, 0.2) is 34.8 Å². The molecule has 31 heavy (non-hydrogen) atoms. The van der Waals surface area contributed by atoms with E-state index in [-0.39, 0.29) is 18.6 Å². The molecule has 0 fully saturated rings. The molecule has 2 aromatic rings. The van der Waals surface area contributed by atoms with Crippen molar-refractivity contribution in [1.82, 2.24) is 0 Å². The summed E-state index contributed by atoms with van der Waals surface area (Å²) in [5, 5.41) is 0. The summed E-state index contributed by atoms with van der Waals surface area (Å²) < 4.78 is 99.6. The summed E-state index contributed by atoms with van der Waals surface area (Å²) in [6, 6.07) is 0.573. The Morgan fingerprint density at radius 1 is 0.677 bits per heavy atom. The van der Waals surface area contributed by atoms with Crippen LogP contribution in [0, 0.1) is 34.9 Å². The van der Waals surface area contributed by atoms with Gasteiger partial charge in [-0.05, 0) is 12.1 Å². The van der Waals surface area contributed by atoms with Gasteiger partial charge in [0.05, 0.1) is 27.4 Å². The van der Waals surface area contributed by atoms with Crippen LogP contribution in [0.4, 0.5) is 26.3 Å². The highest BCUT2D eigenvalue weighted by molar-refractivity contribution is 5.91. The van der Waals surface area contributed by atoms with E-state index in [4.69, 9.17) is 0 Å². The second-order valence-electron chi connectivity index (χ2n) is 5.76. The number of esters is 2. The molecule has 0 atom stereocenters. The third-order valence-corrected chi connectivity index (χ3v) is 3.83. The quantitative estimate of drug-likeness (QED) is 0.262. The predicted octanol–water partition coefficient (Wildman–Crippen LogP) is 3.94. The maximum Gasteiger partial charge on any atom is 0.341 e. The lowest BCUT2D eigenvalue weighted by Crippen LogP contribution is -2.14. The van der Waals surface area contributed by atoms with Crippen LogP contribution in [0.3, 0.4) is 0 Å². The van der Waals surface area contributed by atoms with Crippen LogP contribution >= 0.6 is 0 Å². The van der Waals surface area contributed by atoms with Gasteiger partial charge in [-0.25, -0.2) is 27.2 Å². The monoisotopic (exact) mass is 452 g/mol. The molecule has 2 rings (SSSR count). The molecule has 0 aliphatic rings. The number of halogens is 6. The number of ether oxygens (including phenoxy) is 4. The van der Waals surface area contributed by atoms with E-state index in [2.05, 4.69) is 18.9 Å². The molecule has 0 spiro atoms. The molecule has 0 saturated carbocycles. The zero-order valence-electron chi connectivity index (χ0n) is 16.0. The first-order valence-corrected chi connectivity index (χ1v) is 8.41. The molecule has 0 heterocycles. The van der Waals surface area contributed by atoms with Crippen LogP contribution in [0.5, 0.6) is 11.5 Å². The molecule has 0 bridgehead atoms. The summed E-state index contributed by atoms with van der Waals surface area (Å²) in [4.78, 5) is 23.7. The van der Waals surface area contributed by atoms with Crippen LogP contribution in [0.2, 0.25) is 0 Å². The van der Waals surface area contributed by atoms with Crippen LogP contribution in [-0.2, 0) is 9.47 Å². The smallest absolute Gasteiger partial charge is 0.341 e. The fraction of sp³-hybridized carbons (Fsp3) is 0.263. The molecule has 2 aromatic carbocycles. The lowest BCUT2D eigenvalue weighted by atomic mass is 10.2. The average molecular weight is 452 g/mol. The van der Waals surface area contributed by atoms with E-state index >= 15 is 0 Å². The van der Waals surface area contributed by atoms with Crippen LogP contribution in [0.15, 0.2) is 12.1 Å². The molecular weight excluding hydrogens is 438 g/mol. The van der Waals surface area contributed by atoms with Gasteiger partial charge < -0.3 is 18.9 Å². The Kier molecular flexibility index (Phi) is 7.72. The molecule has 0 amide bonds. The van der Waals surface area contributed by atoms with Crippen molar-refractivity contribution in [3.8, 4) is 11.5 Å². The van der Waals surface area contributed by atoms with Crippen molar-refractivity contribution in [1.29, 1.82) is 0 Å². The van der Waals surface area contributed by atoms with Crippen molar-refractivity contribution in [2.75, 3.05) is 27.4 Å². The van der Waals surface area contributed by atoms with Gasteiger partial charge in [0.2, 0.25) is 11.6 Å². The number of carbonyl (C=O) groups is 2. The Labute approximate surface area is 171 Å². The van der Waals surface area contributed by atoms with Crippen molar-refractivity contribution in [2.45, 2.75) is 6.42 Å². The first-order valence-electron chi connectivity index (χ1n) is 8.41. The molecule has 0 unspecified atom stereocenters. The van der Waals surface area contributed by atoms with Gasteiger partial charge >= 0.3 is 11.9 Å². The first kappa shape index (κ1) is 23.8. The van der Waals surface area contributed by atoms with Gasteiger partial charge in [-0.3, -0.25) is 0 Å². The topological polar surface area (TPSA) is 71.1 Å². The van der Waals surface area contributed by atoms with Gasteiger partial charge in [-0.1, -0.05) is 0 Å². The summed E-state index contributed by atoms with van der Waals surface area (Å²) in [7, 11) is 1.74. The van der Waals surface area contributed by atoms with Crippen LogP contribution in [-0.4, -0.2) is 39.4 Å². The first-order chi connectivity index (χ1) is 14.6. The van der Waals surface area contributed by atoms with E-state index in [1.54, 1.807) is 0 Å². The zero-order valence-corrected chi connectivity index (χ0v) is 16.0. The predicted molar refractivity (Wildman–Crippen MR) is 90.9 cm³/mol. The summed E-state index contributed by atoms with van der Waals surface area (Å²) in [6.45, 7) is -0.924. The minimum absolute atomic E-state index is 0.178. The van der Waals surface area contributed by atoms with Gasteiger partial charge in [-0.15, -0.1) is 0 Å². The molecule has 0 aliphatic heterocycles. The summed E-state index contributed by atoms with van der Waals surface area (Å²) in [5.74, 6) is -14.2. The molecule has 6 nitrogen and oxygen atoms in total. The summed E-state index contributed by atoms with van der Waals surface area (Å²) in [6.07, 6.45) is -0.178. The molecule has 0 aromatic heterocycles. The van der Waals surface area contributed by atoms with E-state index in [0.29, 0.717) is 0 Å². The van der Waals surface area contributed by atoms with Gasteiger partial charge in [0, 0.05) is 6.42 Å². The number of carbonyl (C=O) groups excluding carboxylic acids is 2. The van der Waals surface area contributed by atoms with Crippen LogP contribution in [0.25, 0.3) is 0 Å². The molecule has 0 saturated heterocycles. The lowest BCUT2D eigenvalue weighted by Gasteiger charge is -2.11. The highest BCUT2D eigenvalue weighted by atomic mass is 19.2. The van der Waals surface area contributed by atoms with E-state index in [1.165, 1.54) is 0 Å². The number of hydrogen-bond acceptors (Lipinski definition) is 6. The fourth-order valence-electron chi connectivity index (χ4n) is 2.36. The molecule has 0 radical (unpaired) electrons. The van der Waals surface area contributed by atoms with Gasteiger partial charge in [0.25, 0.3) is 0 Å². The number of hydrogen-bond donors (Lipinski definition) is 0. The number of benzene rings is 2. The highest BCUT2D eigenvalue weighted by Gasteiger charge is 2.26. The Hall–Kier alpha value is -3.44. The lowest BCUT2D eigenvalue weighted by molar-refractivity contribution is 0.0389. The van der Waals surface area contributed by atoms with Crippen LogP contribution in [0.1, 0.15) is 27.1 Å². The average Bonchev–Trinajstić information content (AvgIpc) is 2.73. The minimum Gasteiger partial charge on any atom is -0.491 e. The molecule has 0 aliphatic carbocycles. The van der Waals surface area contributed by atoms with Crippen LogP contribution < -0.4 is 9.47 Å². The Balaban J connectivity index is 1.94. The molecule has 0 N–H and O–H groups in total. The SMILES string of the molecule is COc1c(F)c(F)cc(C(=O)OCCCOC(=O)c2cc(F)c(F)c(OC)c2F)c1F. The Morgan fingerprint density at radius 3 is 1.35 bits per heavy atom. The summed E-state index contributed by atoms with van der Waals surface area (Å²) >= 11 is 0. The third kappa shape index (κ3) is 5.01. The van der Waals surface area contributed by atoms with E-state index in [9.17, 15) is 35.9 Å². The number of methoxy groups -OCH3 is 2. The van der Waals surface area contributed by atoms with Gasteiger partial charge in [-0.2, -0.15) is 8.78 Å². The second kappa shape index (κ2) is 10.0. The normalized spacial score (nSPS) is 10.6. The molecule has 12 heteroatoms.